The molecule has 0 radical (unpaired) electrons. The van der Waals surface area contributed by atoms with Gasteiger partial charge in [-0.15, -0.1) is 0 Å². The lowest BCUT2D eigenvalue weighted by atomic mass is 10.1. The molecule has 0 unspecified atom stereocenters. The highest BCUT2D eigenvalue weighted by atomic mass is 15.1. The molecule has 7 heteroatoms. The van der Waals surface area contributed by atoms with E-state index >= 15 is 0 Å². The van der Waals surface area contributed by atoms with Crippen molar-refractivity contribution < 1.29 is 0 Å². The largest absolute Gasteiger partial charge is 0.352 e. The number of fused-ring (bicyclic) bond motifs is 2. The molecular weight excluding hydrogens is 386 g/mol. The van der Waals surface area contributed by atoms with Crippen molar-refractivity contribution in [3.05, 3.63) is 79.1 Å². The summed E-state index contributed by atoms with van der Waals surface area (Å²) in [7, 11) is 0. The van der Waals surface area contributed by atoms with Crippen LogP contribution in [0.25, 0.3) is 55.7 Å². The van der Waals surface area contributed by atoms with Crippen LogP contribution in [0.4, 0.5) is 0 Å². The van der Waals surface area contributed by atoms with Gasteiger partial charge in [0.15, 0.2) is 0 Å². The lowest BCUT2D eigenvalue weighted by Gasteiger charge is -2.04. The van der Waals surface area contributed by atoms with E-state index in [2.05, 4.69) is 54.2 Å². The van der Waals surface area contributed by atoms with E-state index in [4.69, 9.17) is 0 Å². The van der Waals surface area contributed by atoms with Gasteiger partial charge in [0, 0.05) is 46.7 Å². The molecule has 148 valence electrons. The summed E-state index contributed by atoms with van der Waals surface area (Å²) in [6, 6.07) is 12.0. The first-order valence-electron chi connectivity index (χ1n) is 9.91. The highest BCUT2D eigenvalue weighted by molar-refractivity contribution is 6.00. The van der Waals surface area contributed by atoms with Gasteiger partial charge in [-0.1, -0.05) is 6.07 Å². The van der Waals surface area contributed by atoms with E-state index in [0.29, 0.717) is 0 Å². The Morgan fingerprint density at radius 1 is 0.742 bits per heavy atom. The van der Waals surface area contributed by atoms with E-state index in [-0.39, 0.29) is 0 Å². The number of pyridine rings is 4. The molecule has 0 bridgehead atoms. The highest BCUT2D eigenvalue weighted by Gasteiger charge is 2.15. The Kier molecular flexibility index (Phi) is 3.86. The van der Waals surface area contributed by atoms with Crippen LogP contribution in [0, 0.1) is 6.92 Å². The number of hydrogen-bond acceptors (Lipinski definition) is 5. The van der Waals surface area contributed by atoms with Gasteiger partial charge in [0.05, 0.1) is 40.5 Å². The van der Waals surface area contributed by atoms with Crippen LogP contribution in [-0.2, 0) is 0 Å². The molecule has 6 heterocycles. The topological polar surface area (TPSA) is 96.0 Å². The Balaban J connectivity index is 1.52. The summed E-state index contributed by atoms with van der Waals surface area (Å²) >= 11 is 0. The van der Waals surface area contributed by atoms with E-state index < -0.39 is 0 Å². The summed E-state index contributed by atoms with van der Waals surface area (Å²) in [4.78, 5) is 21.2. The number of H-pyrrole nitrogens is 2. The summed E-state index contributed by atoms with van der Waals surface area (Å²) in [6.45, 7) is 2.06. The maximum Gasteiger partial charge on any atom is 0.116 e. The predicted octanol–water partition coefficient (Wildman–Crippen LogP) is 4.93. The molecule has 0 aromatic carbocycles. The second kappa shape index (κ2) is 6.84. The van der Waals surface area contributed by atoms with Crippen LogP contribution in [-0.4, -0.2) is 35.1 Å². The van der Waals surface area contributed by atoms with Crippen LogP contribution >= 0.6 is 0 Å². The molecule has 0 saturated carbocycles. The molecule has 0 spiro atoms. The average molecular weight is 403 g/mol. The van der Waals surface area contributed by atoms with Gasteiger partial charge in [0.25, 0.3) is 0 Å². The van der Waals surface area contributed by atoms with Crippen molar-refractivity contribution in [2.75, 3.05) is 0 Å². The van der Waals surface area contributed by atoms with Crippen molar-refractivity contribution in [2.45, 2.75) is 6.92 Å². The zero-order valence-electron chi connectivity index (χ0n) is 16.7. The zero-order valence-corrected chi connectivity index (χ0v) is 16.7. The Bertz CT molecular complexity index is 1550. The smallest absolute Gasteiger partial charge is 0.116 e. The fraction of sp³-hybridized carbons (Fsp3) is 0.0417. The van der Waals surface area contributed by atoms with Crippen molar-refractivity contribution in [2.24, 2.45) is 0 Å². The molecule has 0 atom stereocenters. The first kappa shape index (κ1) is 17.5. The lowest BCUT2D eigenvalue weighted by molar-refractivity contribution is 1.11. The highest BCUT2D eigenvalue weighted by Crippen LogP contribution is 2.34. The summed E-state index contributed by atoms with van der Waals surface area (Å²) in [5, 5.41) is 9.71. The lowest BCUT2D eigenvalue weighted by Crippen LogP contribution is -1.88. The van der Waals surface area contributed by atoms with Gasteiger partial charge in [-0.05, 0) is 42.8 Å². The third-order valence-electron chi connectivity index (χ3n) is 5.50. The van der Waals surface area contributed by atoms with Crippen LogP contribution < -0.4 is 0 Å². The zero-order chi connectivity index (χ0) is 20.8. The van der Waals surface area contributed by atoms with Gasteiger partial charge < -0.3 is 4.98 Å². The van der Waals surface area contributed by atoms with Crippen molar-refractivity contribution in [1.29, 1.82) is 0 Å². The first-order chi connectivity index (χ1) is 15.3. The fourth-order valence-electron chi connectivity index (χ4n) is 3.91. The normalized spacial score (nSPS) is 11.4. The molecule has 0 fully saturated rings. The monoisotopic (exact) mass is 403 g/mol. The van der Waals surface area contributed by atoms with Gasteiger partial charge in [-0.3, -0.25) is 25.0 Å². The van der Waals surface area contributed by atoms with E-state index in [9.17, 15) is 0 Å². The molecule has 0 aliphatic rings. The van der Waals surface area contributed by atoms with Crippen molar-refractivity contribution in [3.63, 3.8) is 0 Å². The van der Waals surface area contributed by atoms with Crippen molar-refractivity contribution in [1.82, 2.24) is 35.1 Å². The number of nitrogens with one attached hydrogen (secondary N) is 2. The van der Waals surface area contributed by atoms with Crippen molar-refractivity contribution >= 4 is 21.8 Å². The Hall–Kier alpha value is -4.39. The molecule has 6 aromatic heterocycles. The standard InChI is InChI=1S/C24H17N7/c1-14-5-7-25-10-17(14)20-9-16-23(13-28-20)30-31-24(16)21-8-15-18(11-26-12-22(15)29-21)19-4-2-3-6-27-19/h2-13,29H,1H3,(H,30,31). The molecule has 31 heavy (non-hydrogen) atoms. The molecule has 0 amide bonds. The van der Waals surface area contributed by atoms with Crippen LogP contribution in [0.1, 0.15) is 5.56 Å². The molecule has 6 rings (SSSR count). The second-order valence-electron chi connectivity index (χ2n) is 7.42. The maximum absolute atomic E-state index is 4.60. The minimum Gasteiger partial charge on any atom is -0.352 e. The minimum absolute atomic E-state index is 0.836. The number of aromatic nitrogens is 7. The number of aromatic amines is 2. The number of hydrogen-bond donors (Lipinski definition) is 2. The van der Waals surface area contributed by atoms with Gasteiger partial charge >= 0.3 is 0 Å². The summed E-state index contributed by atoms with van der Waals surface area (Å²) in [5.41, 5.74) is 8.43. The van der Waals surface area contributed by atoms with Crippen LogP contribution in [0.3, 0.4) is 0 Å². The molecule has 2 N–H and O–H groups in total. The van der Waals surface area contributed by atoms with Crippen LogP contribution in [0.15, 0.2) is 73.6 Å². The van der Waals surface area contributed by atoms with Gasteiger partial charge in [-0.2, -0.15) is 5.10 Å². The number of rotatable bonds is 3. The summed E-state index contributed by atoms with van der Waals surface area (Å²) < 4.78 is 0. The van der Waals surface area contributed by atoms with E-state index in [0.717, 1.165) is 61.3 Å². The van der Waals surface area contributed by atoms with E-state index in [1.807, 2.05) is 49.1 Å². The van der Waals surface area contributed by atoms with Crippen LogP contribution in [0.2, 0.25) is 0 Å². The average Bonchev–Trinajstić information content (AvgIpc) is 3.43. The third kappa shape index (κ3) is 2.86. The van der Waals surface area contributed by atoms with E-state index in [1.54, 1.807) is 12.4 Å². The SMILES string of the molecule is Cc1ccncc1-c1cc2c(-c3cc4c(-c5ccccn5)cncc4[nH]3)n[nH]c2cn1. The van der Waals surface area contributed by atoms with E-state index in [1.165, 1.54) is 0 Å². The Labute approximate surface area is 177 Å². The molecule has 6 aromatic rings. The molecule has 0 aliphatic carbocycles. The summed E-state index contributed by atoms with van der Waals surface area (Å²) in [6.07, 6.45) is 10.9. The Morgan fingerprint density at radius 2 is 1.68 bits per heavy atom. The molecular formula is C24H17N7. The maximum atomic E-state index is 4.60. The predicted molar refractivity (Wildman–Crippen MR) is 120 cm³/mol. The first-order valence-corrected chi connectivity index (χ1v) is 9.91. The number of aryl methyl sites for hydroxylation is 1. The third-order valence-corrected chi connectivity index (χ3v) is 5.50. The van der Waals surface area contributed by atoms with Crippen molar-refractivity contribution in [3.8, 4) is 33.9 Å². The second-order valence-corrected chi connectivity index (χ2v) is 7.42. The van der Waals surface area contributed by atoms with Gasteiger partial charge in [0.1, 0.15) is 5.69 Å². The molecule has 0 aliphatic heterocycles. The molecule has 7 nitrogen and oxygen atoms in total. The summed E-state index contributed by atoms with van der Waals surface area (Å²) in [5.74, 6) is 0. The number of nitrogens with zero attached hydrogens (tertiary/aromatic N) is 5. The molecule has 0 saturated heterocycles. The Morgan fingerprint density at radius 3 is 2.55 bits per heavy atom. The van der Waals surface area contributed by atoms with Crippen LogP contribution in [0.5, 0.6) is 0 Å². The van der Waals surface area contributed by atoms with Gasteiger partial charge in [0.2, 0.25) is 0 Å². The minimum atomic E-state index is 0.836. The fourth-order valence-corrected chi connectivity index (χ4v) is 3.91. The quantitative estimate of drug-likeness (QED) is 0.437. The van der Waals surface area contributed by atoms with Gasteiger partial charge in [-0.25, -0.2) is 0 Å².